The smallest absolute Gasteiger partial charge is 0.325 e. The van der Waals surface area contributed by atoms with Crippen molar-refractivity contribution in [3.63, 3.8) is 0 Å². The Hall–Kier alpha value is -3.34. The van der Waals surface area contributed by atoms with E-state index >= 15 is 0 Å². The molecule has 0 bridgehead atoms. The van der Waals surface area contributed by atoms with Gasteiger partial charge in [0.25, 0.3) is 5.91 Å². The molecule has 0 unspecified atom stereocenters. The molecular formula is C16H15N5O5S. The number of carbonyl (C=O) groups excluding carboxylic acids is 1. The lowest BCUT2D eigenvalue weighted by Crippen LogP contribution is -2.30. The lowest BCUT2D eigenvalue weighted by Gasteiger charge is -2.04. The van der Waals surface area contributed by atoms with E-state index in [1.54, 1.807) is 37.5 Å². The number of aliphatic carboxylic acids is 1. The summed E-state index contributed by atoms with van der Waals surface area (Å²) in [7, 11) is -3.81. The molecule has 2 N–H and O–H groups in total. The van der Waals surface area contributed by atoms with Crippen LogP contribution in [0.1, 0.15) is 16.3 Å². The molecule has 3 aromatic rings. The summed E-state index contributed by atoms with van der Waals surface area (Å²) < 4.78 is 25.7. The number of aromatic nitrogens is 4. The van der Waals surface area contributed by atoms with Crippen LogP contribution >= 0.6 is 0 Å². The fraction of sp³-hybridized carbons (Fsp3) is 0.188. The molecule has 0 aliphatic heterocycles. The number of carbonyl (C=O) groups is 2. The van der Waals surface area contributed by atoms with E-state index in [4.69, 9.17) is 5.11 Å². The molecule has 0 aliphatic carbocycles. The van der Waals surface area contributed by atoms with Crippen LogP contribution in [0.2, 0.25) is 0 Å². The number of hydrogen-bond acceptors (Lipinski definition) is 7. The molecule has 2 heterocycles. The summed E-state index contributed by atoms with van der Waals surface area (Å²) in [6.45, 7) is 1.27. The van der Waals surface area contributed by atoms with Gasteiger partial charge in [0.2, 0.25) is 10.0 Å². The van der Waals surface area contributed by atoms with Gasteiger partial charge in [0.1, 0.15) is 12.4 Å². The Labute approximate surface area is 153 Å². The highest BCUT2D eigenvalue weighted by atomic mass is 32.2. The van der Waals surface area contributed by atoms with Gasteiger partial charge in [-0.1, -0.05) is 6.07 Å². The molecule has 0 saturated heterocycles. The second kappa shape index (κ2) is 6.76. The second-order valence-electron chi connectivity index (χ2n) is 5.85. The highest BCUT2D eigenvalue weighted by molar-refractivity contribution is 7.89. The van der Waals surface area contributed by atoms with E-state index in [0.717, 1.165) is 10.9 Å². The van der Waals surface area contributed by atoms with Gasteiger partial charge in [-0.2, -0.15) is 5.10 Å². The molecule has 0 spiro atoms. The molecule has 0 atom stereocenters. The number of nitrogens with zero attached hydrogens (tertiary/aromatic N) is 4. The number of carboxylic acid groups (broad SMARTS) is 1. The molecule has 27 heavy (non-hydrogen) atoms. The van der Waals surface area contributed by atoms with Crippen LogP contribution in [-0.4, -0.2) is 51.4 Å². The Morgan fingerprint density at radius 2 is 1.85 bits per heavy atom. The normalized spacial score (nSPS) is 11.5. The Balaban J connectivity index is 2.17. The Bertz CT molecular complexity index is 1150. The molecule has 0 fully saturated rings. The summed E-state index contributed by atoms with van der Waals surface area (Å²) in [6.07, 6.45) is 4.07. The standard InChI is InChI=1S/C16H15N5O5S/c1-9-17-6-11(7-18-9)10-3-4-13-12(5-10)15(16(24)20-27(2,25)26)19-21(13)8-14(22)23/h3-7H,8H2,1-2H3,(H,20,24)(H,22,23). The first kappa shape index (κ1) is 18.5. The highest BCUT2D eigenvalue weighted by Gasteiger charge is 2.21. The molecular weight excluding hydrogens is 374 g/mol. The third-order valence-electron chi connectivity index (χ3n) is 3.64. The molecule has 10 nitrogen and oxygen atoms in total. The zero-order chi connectivity index (χ0) is 19.8. The monoisotopic (exact) mass is 389 g/mol. The fourth-order valence-corrected chi connectivity index (χ4v) is 2.97. The number of rotatable bonds is 5. The van der Waals surface area contributed by atoms with E-state index in [9.17, 15) is 18.0 Å². The first-order valence-corrected chi connectivity index (χ1v) is 9.56. The minimum absolute atomic E-state index is 0.188. The van der Waals surface area contributed by atoms with Gasteiger partial charge in [-0.3, -0.25) is 14.3 Å². The molecule has 2 aromatic heterocycles. The molecule has 0 radical (unpaired) electrons. The third-order valence-corrected chi connectivity index (χ3v) is 4.20. The van der Waals surface area contributed by atoms with Crippen molar-refractivity contribution in [1.82, 2.24) is 24.5 Å². The summed E-state index contributed by atoms with van der Waals surface area (Å²) in [5.74, 6) is -1.49. The van der Waals surface area contributed by atoms with Gasteiger partial charge in [0, 0.05) is 23.3 Å². The van der Waals surface area contributed by atoms with Gasteiger partial charge in [0.15, 0.2) is 5.69 Å². The van der Waals surface area contributed by atoms with Crippen LogP contribution in [0.4, 0.5) is 0 Å². The number of nitrogens with one attached hydrogen (secondary N) is 1. The van der Waals surface area contributed by atoms with Crippen LogP contribution in [0.3, 0.4) is 0 Å². The van der Waals surface area contributed by atoms with Crippen molar-refractivity contribution >= 4 is 32.8 Å². The summed E-state index contributed by atoms with van der Waals surface area (Å²) >= 11 is 0. The maximum Gasteiger partial charge on any atom is 0.325 e. The van der Waals surface area contributed by atoms with Crippen molar-refractivity contribution in [3.8, 4) is 11.1 Å². The SMILES string of the molecule is Cc1ncc(-c2ccc3c(c2)c(C(=O)NS(C)(=O)=O)nn3CC(=O)O)cn1. The first-order valence-electron chi connectivity index (χ1n) is 7.67. The first-order chi connectivity index (χ1) is 12.6. The van der Waals surface area contributed by atoms with Gasteiger partial charge in [-0.05, 0) is 24.6 Å². The molecule has 140 valence electrons. The summed E-state index contributed by atoms with van der Waals surface area (Å²) in [6, 6.07) is 4.94. The van der Waals surface area contributed by atoms with Crippen molar-refractivity contribution < 1.29 is 23.1 Å². The molecule has 11 heteroatoms. The van der Waals surface area contributed by atoms with Gasteiger partial charge in [-0.15, -0.1) is 0 Å². The van der Waals surface area contributed by atoms with E-state index in [1.165, 1.54) is 0 Å². The third kappa shape index (κ3) is 4.08. The lowest BCUT2D eigenvalue weighted by atomic mass is 10.1. The zero-order valence-corrected chi connectivity index (χ0v) is 15.2. The average molecular weight is 389 g/mol. The van der Waals surface area contributed by atoms with E-state index in [0.29, 0.717) is 27.9 Å². The minimum Gasteiger partial charge on any atom is -0.480 e. The predicted molar refractivity (Wildman–Crippen MR) is 95.4 cm³/mol. The highest BCUT2D eigenvalue weighted by Crippen LogP contribution is 2.26. The largest absolute Gasteiger partial charge is 0.480 e. The molecule has 3 rings (SSSR count). The Morgan fingerprint density at radius 1 is 1.19 bits per heavy atom. The zero-order valence-electron chi connectivity index (χ0n) is 14.4. The number of amides is 1. The van der Waals surface area contributed by atoms with Crippen molar-refractivity contribution in [3.05, 3.63) is 42.1 Å². The number of fused-ring (bicyclic) bond motifs is 1. The number of aryl methyl sites for hydroxylation is 1. The van der Waals surface area contributed by atoms with E-state index in [1.807, 2.05) is 4.72 Å². The van der Waals surface area contributed by atoms with Gasteiger partial charge < -0.3 is 5.11 Å². The van der Waals surface area contributed by atoms with Crippen LogP contribution in [-0.2, 0) is 21.4 Å². The topological polar surface area (TPSA) is 144 Å². The maximum atomic E-state index is 12.3. The summed E-state index contributed by atoms with van der Waals surface area (Å²) in [4.78, 5) is 31.6. The Morgan fingerprint density at radius 3 is 2.44 bits per heavy atom. The van der Waals surface area contributed by atoms with E-state index in [-0.39, 0.29) is 5.69 Å². The van der Waals surface area contributed by atoms with Crippen molar-refractivity contribution in [2.24, 2.45) is 0 Å². The quantitative estimate of drug-likeness (QED) is 0.644. The fourth-order valence-electron chi connectivity index (χ4n) is 2.53. The molecule has 1 aromatic carbocycles. The number of benzene rings is 1. The maximum absolute atomic E-state index is 12.3. The van der Waals surface area contributed by atoms with Crippen molar-refractivity contribution in [2.75, 3.05) is 6.26 Å². The van der Waals surface area contributed by atoms with Gasteiger partial charge in [-0.25, -0.2) is 23.1 Å². The average Bonchev–Trinajstić information content (AvgIpc) is 2.91. The van der Waals surface area contributed by atoms with E-state index in [2.05, 4.69) is 15.1 Å². The van der Waals surface area contributed by atoms with Crippen molar-refractivity contribution in [2.45, 2.75) is 13.5 Å². The van der Waals surface area contributed by atoms with Gasteiger partial charge >= 0.3 is 5.97 Å². The van der Waals surface area contributed by atoms with E-state index < -0.39 is 28.4 Å². The number of hydrogen-bond donors (Lipinski definition) is 2. The van der Waals surface area contributed by atoms with Gasteiger partial charge in [0.05, 0.1) is 11.8 Å². The lowest BCUT2D eigenvalue weighted by molar-refractivity contribution is -0.137. The van der Waals surface area contributed by atoms with Crippen LogP contribution in [0, 0.1) is 6.92 Å². The number of sulfonamides is 1. The second-order valence-corrected chi connectivity index (χ2v) is 7.60. The number of carboxylic acids is 1. The predicted octanol–water partition coefficient (Wildman–Crippen LogP) is 0.576. The van der Waals surface area contributed by atoms with Crippen molar-refractivity contribution in [1.29, 1.82) is 0 Å². The minimum atomic E-state index is -3.81. The summed E-state index contributed by atoms with van der Waals surface area (Å²) in [5, 5.41) is 13.4. The van der Waals surface area contributed by atoms with Crippen LogP contribution < -0.4 is 4.72 Å². The van der Waals surface area contributed by atoms with Crippen LogP contribution in [0.15, 0.2) is 30.6 Å². The van der Waals surface area contributed by atoms with Crippen LogP contribution in [0.25, 0.3) is 22.0 Å². The molecule has 1 amide bonds. The molecule has 0 aliphatic rings. The summed E-state index contributed by atoms with van der Waals surface area (Å²) in [5.41, 5.74) is 1.55. The Kier molecular flexibility index (Phi) is 4.62. The van der Waals surface area contributed by atoms with Crippen LogP contribution in [0.5, 0.6) is 0 Å². The molecule has 0 saturated carbocycles.